The molecule has 0 aliphatic carbocycles. The lowest BCUT2D eigenvalue weighted by Crippen LogP contribution is -1.98. The first-order valence-electron chi connectivity index (χ1n) is 3.58. The Hall–Kier alpha value is -0.560. The van der Waals surface area contributed by atoms with Crippen molar-refractivity contribution >= 4 is 17.4 Å². The predicted molar refractivity (Wildman–Crippen MR) is 48.6 cm³/mol. The van der Waals surface area contributed by atoms with Gasteiger partial charge in [-0.3, -0.25) is 4.79 Å². The molecule has 62 valence electrons. The van der Waals surface area contributed by atoms with Crippen LogP contribution in [-0.2, 0) is 4.79 Å². The van der Waals surface area contributed by atoms with Gasteiger partial charge in [-0.2, -0.15) is 0 Å². The molecule has 0 bridgehead atoms. The van der Waals surface area contributed by atoms with Gasteiger partial charge in [0.05, 0.1) is 0 Å². The van der Waals surface area contributed by atoms with Gasteiger partial charge in [-0.15, -0.1) is 0 Å². The standard InChI is InChI=1S/C9H13ClO/c1-4-8(10)6-9(11)5-7(2)3/h4,6-7H,1,5H2,2-3H3/b8-6+. The minimum atomic E-state index is 0.0601. The molecule has 0 N–H and O–H groups in total. The summed E-state index contributed by atoms with van der Waals surface area (Å²) in [6.07, 6.45) is 3.42. The van der Waals surface area contributed by atoms with Crippen LogP contribution in [-0.4, -0.2) is 5.78 Å². The van der Waals surface area contributed by atoms with E-state index in [0.29, 0.717) is 17.4 Å². The molecule has 0 unspecified atom stereocenters. The first kappa shape index (κ1) is 10.4. The topological polar surface area (TPSA) is 17.1 Å². The number of carbonyl (C=O) groups is 1. The maximum atomic E-state index is 11.0. The van der Waals surface area contributed by atoms with Gasteiger partial charge in [-0.25, -0.2) is 0 Å². The SMILES string of the molecule is C=C/C(Cl)=C\C(=O)CC(C)C. The Kier molecular flexibility index (Phi) is 4.88. The van der Waals surface area contributed by atoms with Crippen molar-refractivity contribution in [2.75, 3.05) is 0 Å². The minimum absolute atomic E-state index is 0.0601. The van der Waals surface area contributed by atoms with E-state index in [9.17, 15) is 4.79 Å². The van der Waals surface area contributed by atoms with Gasteiger partial charge in [0, 0.05) is 11.5 Å². The second-order valence-electron chi connectivity index (χ2n) is 2.80. The number of rotatable bonds is 4. The summed E-state index contributed by atoms with van der Waals surface area (Å²) >= 11 is 5.57. The van der Waals surface area contributed by atoms with Gasteiger partial charge in [0.2, 0.25) is 0 Å². The molecule has 0 aromatic carbocycles. The lowest BCUT2D eigenvalue weighted by Gasteiger charge is -1.98. The van der Waals surface area contributed by atoms with Crippen LogP contribution >= 0.6 is 11.6 Å². The Morgan fingerprint density at radius 3 is 2.55 bits per heavy atom. The molecule has 11 heavy (non-hydrogen) atoms. The summed E-state index contributed by atoms with van der Waals surface area (Å²) in [6.45, 7) is 7.43. The van der Waals surface area contributed by atoms with Crippen LogP contribution < -0.4 is 0 Å². The molecule has 0 saturated carbocycles. The molecule has 0 saturated heterocycles. The van der Waals surface area contributed by atoms with Crippen LogP contribution in [0.3, 0.4) is 0 Å². The molecule has 0 aromatic rings. The van der Waals surface area contributed by atoms with Gasteiger partial charge in [-0.1, -0.05) is 38.1 Å². The van der Waals surface area contributed by atoms with Crippen LogP contribution in [0, 0.1) is 5.92 Å². The van der Waals surface area contributed by atoms with E-state index in [2.05, 4.69) is 6.58 Å². The van der Waals surface area contributed by atoms with Gasteiger partial charge in [0.25, 0.3) is 0 Å². The second-order valence-corrected chi connectivity index (χ2v) is 3.23. The first-order chi connectivity index (χ1) is 5.06. The van der Waals surface area contributed by atoms with Gasteiger partial charge in [0.15, 0.2) is 5.78 Å². The highest BCUT2D eigenvalue weighted by atomic mass is 35.5. The highest BCUT2D eigenvalue weighted by Crippen LogP contribution is 2.06. The fourth-order valence-corrected chi connectivity index (χ4v) is 0.796. The van der Waals surface area contributed by atoms with E-state index in [1.54, 1.807) is 0 Å². The Bertz CT molecular complexity index is 180. The Morgan fingerprint density at radius 2 is 2.18 bits per heavy atom. The normalized spacial score (nSPS) is 11.8. The third-order valence-electron chi connectivity index (χ3n) is 1.10. The number of ketones is 1. The van der Waals surface area contributed by atoms with Crippen molar-refractivity contribution in [1.29, 1.82) is 0 Å². The summed E-state index contributed by atoms with van der Waals surface area (Å²) in [5, 5.41) is 0.413. The van der Waals surface area contributed by atoms with Gasteiger partial charge in [0.1, 0.15) is 0 Å². The van der Waals surface area contributed by atoms with Crippen LogP contribution in [0.5, 0.6) is 0 Å². The van der Waals surface area contributed by atoms with Crippen LogP contribution in [0.15, 0.2) is 23.8 Å². The number of hydrogen-bond acceptors (Lipinski definition) is 1. The van der Waals surface area contributed by atoms with Crippen molar-refractivity contribution in [3.8, 4) is 0 Å². The fraction of sp³-hybridized carbons (Fsp3) is 0.444. The summed E-state index contributed by atoms with van der Waals surface area (Å²) in [5.74, 6) is 0.443. The Labute approximate surface area is 72.7 Å². The summed E-state index contributed by atoms with van der Waals surface area (Å²) in [5.41, 5.74) is 0. The van der Waals surface area contributed by atoms with E-state index in [0.717, 1.165) is 0 Å². The smallest absolute Gasteiger partial charge is 0.157 e. The number of hydrogen-bond donors (Lipinski definition) is 0. The first-order valence-corrected chi connectivity index (χ1v) is 3.96. The highest BCUT2D eigenvalue weighted by molar-refractivity contribution is 6.32. The molecular formula is C9H13ClO. The van der Waals surface area contributed by atoms with E-state index in [1.807, 2.05) is 13.8 Å². The summed E-state index contributed by atoms with van der Waals surface area (Å²) < 4.78 is 0. The van der Waals surface area contributed by atoms with Crippen molar-refractivity contribution in [2.45, 2.75) is 20.3 Å². The quantitative estimate of drug-likeness (QED) is 0.471. The van der Waals surface area contributed by atoms with Gasteiger partial charge in [-0.05, 0) is 12.0 Å². The van der Waals surface area contributed by atoms with Crippen LogP contribution in [0.1, 0.15) is 20.3 Å². The number of carbonyl (C=O) groups excluding carboxylic acids is 1. The maximum Gasteiger partial charge on any atom is 0.157 e. The van der Waals surface area contributed by atoms with Crippen molar-refractivity contribution < 1.29 is 4.79 Å². The fourth-order valence-electron chi connectivity index (χ4n) is 0.674. The largest absolute Gasteiger partial charge is 0.295 e. The Balaban J connectivity index is 3.96. The molecule has 0 fully saturated rings. The molecule has 0 aliphatic rings. The average molecular weight is 173 g/mol. The summed E-state index contributed by atoms with van der Waals surface area (Å²) in [7, 11) is 0. The molecule has 0 radical (unpaired) electrons. The van der Waals surface area contributed by atoms with E-state index < -0.39 is 0 Å². The predicted octanol–water partition coefficient (Wildman–Crippen LogP) is 2.91. The molecule has 2 heteroatoms. The van der Waals surface area contributed by atoms with Gasteiger partial charge >= 0.3 is 0 Å². The van der Waals surface area contributed by atoms with Crippen molar-refractivity contribution in [3.05, 3.63) is 23.8 Å². The zero-order valence-electron chi connectivity index (χ0n) is 6.93. The molecule has 0 atom stereocenters. The van der Waals surface area contributed by atoms with E-state index in [-0.39, 0.29) is 5.78 Å². The summed E-state index contributed by atoms with van der Waals surface area (Å²) in [6, 6.07) is 0. The van der Waals surface area contributed by atoms with Crippen LogP contribution in [0.2, 0.25) is 0 Å². The average Bonchev–Trinajstić information content (AvgIpc) is 1.85. The molecule has 0 aromatic heterocycles. The lowest BCUT2D eigenvalue weighted by atomic mass is 10.1. The second kappa shape index (κ2) is 5.14. The third kappa shape index (κ3) is 5.86. The molecule has 0 aliphatic heterocycles. The van der Waals surface area contributed by atoms with E-state index in [4.69, 9.17) is 11.6 Å². The number of halogens is 1. The molecular weight excluding hydrogens is 160 g/mol. The molecule has 0 heterocycles. The van der Waals surface area contributed by atoms with Gasteiger partial charge < -0.3 is 0 Å². The third-order valence-corrected chi connectivity index (χ3v) is 1.37. The zero-order chi connectivity index (χ0) is 8.85. The van der Waals surface area contributed by atoms with E-state index in [1.165, 1.54) is 12.2 Å². The van der Waals surface area contributed by atoms with Crippen molar-refractivity contribution in [2.24, 2.45) is 5.92 Å². The van der Waals surface area contributed by atoms with Crippen LogP contribution in [0.25, 0.3) is 0 Å². The monoisotopic (exact) mass is 172 g/mol. The van der Waals surface area contributed by atoms with Crippen LogP contribution in [0.4, 0.5) is 0 Å². The minimum Gasteiger partial charge on any atom is -0.295 e. The lowest BCUT2D eigenvalue weighted by molar-refractivity contribution is -0.115. The number of allylic oxidation sites excluding steroid dienone is 3. The van der Waals surface area contributed by atoms with Crippen molar-refractivity contribution in [3.63, 3.8) is 0 Å². The summed E-state index contributed by atoms with van der Waals surface area (Å²) in [4.78, 5) is 11.0. The zero-order valence-corrected chi connectivity index (χ0v) is 7.69. The maximum absolute atomic E-state index is 11.0. The molecule has 0 amide bonds. The van der Waals surface area contributed by atoms with Crippen molar-refractivity contribution in [1.82, 2.24) is 0 Å². The molecule has 0 rings (SSSR count). The Morgan fingerprint density at radius 1 is 1.64 bits per heavy atom. The highest BCUT2D eigenvalue weighted by Gasteiger charge is 2.01. The molecule has 1 nitrogen and oxygen atoms in total. The molecule has 0 spiro atoms. The van der Waals surface area contributed by atoms with E-state index >= 15 is 0 Å².